The molecule has 0 saturated carbocycles. The zero-order valence-corrected chi connectivity index (χ0v) is 12.4. The number of nitrogens with zero attached hydrogens (tertiary/aromatic N) is 1. The van der Waals surface area contributed by atoms with E-state index in [1.165, 1.54) is 17.4 Å². The summed E-state index contributed by atoms with van der Waals surface area (Å²) < 4.78 is 5.52. The number of thiophene rings is 1. The fraction of sp³-hybridized carbons (Fsp3) is 0.267. The summed E-state index contributed by atoms with van der Waals surface area (Å²) in [6, 6.07) is 8.31. The van der Waals surface area contributed by atoms with Crippen molar-refractivity contribution in [3.63, 3.8) is 0 Å². The minimum Gasteiger partial charge on any atom is -0.494 e. The van der Waals surface area contributed by atoms with Crippen molar-refractivity contribution in [2.45, 2.75) is 19.8 Å². The van der Waals surface area contributed by atoms with Gasteiger partial charge in [-0.1, -0.05) is 6.07 Å². The molecule has 0 bridgehead atoms. The smallest absolute Gasteiger partial charge is 0.272 e. The number of carbonyl (C=O) groups excluding carboxylic acids is 1. The Morgan fingerprint density at radius 2 is 2.19 bits per heavy atom. The van der Waals surface area contributed by atoms with Crippen LogP contribution in [-0.4, -0.2) is 17.3 Å². The molecule has 110 valence electrons. The van der Waals surface area contributed by atoms with Gasteiger partial charge in [-0.05, 0) is 36.9 Å². The SMILES string of the molecule is Cc1cc(OCCCC(=O)c2cccs2)ccc1[N+](=O)[O-]. The van der Waals surface area contributed by atoms with Crippen LogP contribution in [0.2, 0.25) is 0 Å². The van der Waals surface area contributed by atoms with E-state index in [-0.39, 0.29) is 11.5 Å². The summed E-state index contributed by atoms with van der Waals surface area (Å²) in [5, 5.41) is 12.6. The molecule has 6 heteroatoms. The summed E-state index contributed by atoms with van der Waals surface area (Å²) in [7, 11) is 0. The first-order valence-electron chi connectivity index (χ1n) is 6.52. The fourth-order valence-corrected chi connectivity index (χ4v) is 2.60. The van der Waals surface area contributed by atoms with Crippen LogP contribution in [0.4, 0.5) is 5.69 Å². The Balaban J connectivity index is 1.80. The number of nitro groups is 1. The van der Waals surface area contributed by atoms with Crippen molar-refractivity contribution < 1.29 is 14.5 Å². The molecular weight excluding hydrogens is 290 g/mol. The quantitative estimate of drug-likeness (QED) is 0.335. The number of hydrogen-bond donors (Lipinski definition) is 0. The third kappa shape index (κ3) is 4.13. The van der Waals surface area contributed by atoms with Crippen molar-refractivity contribution in [1.29, 1.82) is 0 Å². The van der Waals surface area contributed by atoms with Crippen molar-refractivity contribution in [2.24, 2.45) is 0 Å². The van der Waals surface area contributed by atoms with E-state index < -0.39 is 4.92 Å². The van der Waals surface area contributed by atoms with E-state index in [2.05, 4.69) is 0 Å². The number of ketones is 1. The van der Waals surface area contributed by atoms with Crippen LogP contribution in [0.15, 0.2) is 35.7 Å². The predicted molar refractivity (Wildman–Crippen MR) is 81.2 cm³/mol. The molecule has 1 aromatic heterocycles. The van der Waals surface area contributed by atoms with Crippen molar-refractivity contribution in [1.82, 2.24) is 0 Å². The first-order chi connectivity index (χ1) is 10.1. The Bertz CT molecular complexity index is 637. The highest BCUT2D eigenvalue weighted by Crippen LogP contribution is 2.23. The number of benzene rings is 1. The van der Waals surface area contributed by atoms with Gasteiger partial charge in [0.1, 0.15) is 5.75 Å². The highest BCUT2D eigenvalue weighted by Gasteiger charge is 2.11. The van der Waals surface area contributed by atoms with Crippen molar-refractivity contribution >= 4 is 22.8 Å². The maximum absolute atomic E-state index is 11.8. The Kier molecular flexibility index (Phi) is 5.05. The second-order valence-electron chi connectivity index (χ2n) is 4.56. The molecule has 5 nitrogen and oxygen atoms in total. The standard InChI is InChI=1S/C15H15NO4S/c1-11-10-12(6-7-13(11)16(18)19)20-8-2-4-14(17)15-5-3-9-21-15/h3,5-7,9-10H,2,4,8H2,1H3. The van der Waals surface area contributed by atoms with Gasteiger partial charge in [-0.3, -0.25) is 14.9 Å². The molecule has 0 atom stereocenters. The summed E-state index contributed by atoms with van der Waals surface area (Å²) >= 11 is 1.44. The lowest BCUT2D eigenvalue weighted by Crippen LogP contribution is -2.03. The minimum atomic E-state index is -0.418. The molecule has 21 heavy (non-hydrogen) atoms. The average molecular weight is 305 g/mol. The van der Waals surface area contributed by atoms with Gasteiger partial charge in [0, 0.05) is 18.1 Å². The highest BCUT2D eigenvalue weighted by molar-refractivity contribution is 7.12. The van der Waals surface area contributed by atoms with Crippen LogP contribution in [0, 0.1) is 17.0 Å². The molecule has 2 aromatic rings. The van der Waals surface area contributed by atoms with Crippen LogP contribution in [0.5, 0.6) is 5.75 Å². The topological polar surface area (TPSA) is 69.4 Å². The molecule has 0 N–H and O–H groups in total. The molecule has 0 unspecified atom stereocenters. The van der Waals surface area contributed by atoms with Gasteiger partial charge >= 0.3 is 0 Å². The Morgan fingerprint density at radius 1 is 1.38 bits per heavy atom. The lowest BCUT2D eigenvalue weighted by molar-refractivity contribution is -0.385. The third-order valence-corrected chi connectivity index (χ3v) is 3.89. The minimum absolute atomic E-state index is 0.0789. The maximum Gasteiger partial charge on any atom is 0.272 e. The molecule has 0 saturated heterocycles. The van der Waals surface area contributed by atoms with Gasteiger partial charge in [-0.15, -0.1) is 11.3 Å². The van der Waals surface area contributed by atoms with Crippen molar-refractivity contribution in [3.8, 4) is 5.75 Å². The molecule has 0 amide bonds. The zero-order valence-electron chi connectivity index (χ0n) is 11.6. The van der Waals surface area contributed by atoms with Crippen LogP contribution >= 0.6 is 11.3 Å². The van der Waals surface area contributed by atoms with Crippen LogP contribution in [-0.2, 0) is 0 Å². The number of Topliss-reactive ketones (excluding diaryl/α,β-unsaturated/α-hetero) is 1. The van der Waals surface area contributed by atoms with E-state index in [0.717, 1.165) is 4.88 Å². The molecule has 0 radical (unpaired) electrons. The summed E-state index contributed by atoms with van der Waals surface area (Å²) in [6.45, 7) is 2.08. The average Bonchev–Trinajstić information content (AvgIpc) is 2.97. The van der Waals surface area contributed by atoms with Gasteiger partial charge in [0.2, 0.25) is 0 Å². The van der Waals surface area contributed by atoms with Gasteiger partial charge in [0.25, 0.3) is 5.69 Å². The van der Waals surface area contributed by atoms with Crippen LogP contribution in [0.25, 0.3) is 0 Å². The van der Waals surface area contributed by atoms with E-state index >= 15 is 0 Å². The molecule has 0 fully saturated rings. The highest BCUT2D eigenvalue weighted by atomic mass is 32.1. The second kappa shape index (κ2) is 6.99. The van der Waals surface area contributed by atoms with Crippen molar-refractivity contribution in [2.75, 3.05) is 6.61 Å². The number of rotatable bonds is 7. The van der Waals surface area contributed by atoms with Gasteiger partial charge in [-0.2, -0.15) is 0 Å². The number of nitro benzene ring substituents is 1. The molecule has 0 aliphatic rings. The monoisotopic (exact) mass is 305 g/mol. The van der Waals surface area contributed by atoms with Gasteiger partial charge in [0.15, 0.2) is 5.78 Å². The maximum atomic E-state index is 11.8. The second-order valence-corrected chi connectivity index (χ2v) is 5.51. The van der Waals surface area contributed by atoms with E-state index in [1.807, 2.05) is 17.5 Å². The van der Waals surface area contributed by atoms with Gasteiger partial charge in [-0.25, -0.2) is 0 Å². The Morgan fingerprint density at radius 3 is 2.81 bits per heavy atom. The molecule has 1 heterocycles. The van der Waals surface area contributed by atoms with Gasteiger partial charge in [0.05, 0.1) is 16.4 Å². The number of ether oxygens (including phenoxy) is 1. The molecule has 0 aliphatic carbocycles. The Labute approximate surface area is 126 Å². The summed E-state index contributed by atoms with van der Waals surface area (Å²) in [6.07, 6.45) is 1.05. The summed E-state index contributed by atoms with van der Waals surface area (Å²) in [4.78, 5) is 22.8. The molecule has 0 spiro atoms. The molecule has 2 rings (SSSR count). The van der Waals surface area contributed by atoms with Gasteiger partial charge < -0.3 is 4.74 Å². The molecule has 0 aliphatic heterocycles. The largest absolute Gasteiger partial charge is 0.494 e. The summed E-state index contributed by atoms with van der Waals surface area (Å²) in [5.74, 6) is 0.704. The number of hydrogen-bond acceptors (Lipinski definition) is 5. The first kappa shape index (κ1) is 15.2. The zero-order chi connectivity index (χ0) is 15.2. The normalized spacial score (nSPS) is 10.3. The van der Waals surface area contributed by atoms with E-state index in [0.29, 0.717) is 30.8 Å². The predicted octanol–water partition coefficient (Wildman–Crippen LogP) is 4.01. The number of aryl methyl sites for hydroxylation is 1. The fourth-order valence-electron chi connectivity index (χ4n) is 1.91. The lowest BCUT2D eigenvalue weighted by atomic mass is 10.2. The van der Waals surface area contributed by atoms with Crippen LogP contribution in [0.1, 0.15) is 28.1 Å². The lowest BCUT2D eigenvalue weighted by Gasteiger charge is -2.06. The number of carbonyl (C=O) groups is 1. The van der Waals surface area contributed by atoms with E-state index in [4.69, 9.17) is 4.74 Å². The molecular formula is C15H15NO4S. The van der Waals surface area contributed by atoms with E-state index in [9.17, 15) is 14.9 Å². The van der Waals surface area contributed by atoms with E-state index in [1.54, 1.807) is 19.1 Å². The first-order valence-corrected chi connectivity index (χ1v) is 7.40. The van der Waals surface area contributed by atoms with Crippen LogP contribution in [0.3, 0.4) is 0 Å². The van der Waals surface area contributed by atoms with Crippen molar-refractivity contribution in [3.05, 3.63) is 56.3 Å². The third-order valence-electron chi connectivity index (χ3n) is 2.98. The molecule has 1 aromatic carbocycles. The summed E-state index contributed by atoms with van der Waals surface area (Å²) in [5.41, 5.74) is 0.641. The van der Waals surface area contributed by atoms with Crippen LogP contribution < -0.4 is 4.74 Å². The Hall–Kier alpha value is -2.21.